The van der Waals surface area contributed by atoms with Crippen LogP contribution in [0.3, 0.4) is 0 Å². The molecule has 0 aliphatic heterocycles. The van der Waals surface area contributed by atoms with Gasteiger partial charge < -0.3 is 26.0 Å². The van der Waals surface area contributed by atoms with Crippen LogP contribution in [0, 0.1) is 0 Å². The van der Waals surface area contributed by atoms with Crippen LogP contribution in [0.1, 0.15) is 50.6 Å². The highest BCUT2D eigenvalue weighted by atomic mass is 35.5. The highest BCUT2D eigenvalue weighted by molar-refractivity contribution is 6.33. The molecule has 1 unspecified atom stereocenters. The maximum atomic E-state index is 9.65. The largest absolute Gasteiger partial charge is 0.397 e. The number of nitrogen functional groups attached to an aromatic ring is 1. The molecule has 1 aromatic carbocycles. The Morgan fingerprint density at radius 3 is 2.80 bits per heavy atom. The van der Waals surface area contributed by atoms with Crippen LogP contribution in [-0.2, 0) is 6.54 Å². The van der Waals surface area contributed by atoms with Gasteiger partial charge in [-0.3, -0.25) is 0 Å². The van der Waals surface area contributed by atoms with Gasteiger partial charge in [-0.2, -0.15) is 9.97 Å². The van der Waals surface area contributed by atoms with Gasteiger partial charge in [-0.25, -0.2) is 4.98 Å². The van der Waals surface area contributed by atoms with Crippen LogP contribution in [0.5, 0.6) is 0 Å². The van der Waals surface area contributed by atoms with Gasteiger partial charge in [-0.15, -0.1) is 0 Å². The zero-order valence-corrected chi connectivity index (χ0v) is 17.9. The quantitative estimate of drug-likeness (QED) is 0.420. The van der Waals surface area contributed by atoms with Crippen molar-refractivity contribution < 1.29 is 5.11 Å². The van der Waals surface area contributed by atoms with E-state index in [-0.39, 0.29) is 0 Å². The number of benzene rings is 1. The fourth-order valence-electron chi connectivity index (χ4n) is 3.90. The van der Waals surface area contributed by atoms with Crippen LogP contribution < -0.4 is 16.4 Å². The van der Waals surface area contributed by atoms with E-state index in [9.17, 15) is 5.11 Å². The summed E-state index contributed by atoms with van der Waals surface area (Å²) in [7, 11) is 0. The number of hydrogen-bond donors (Lipinski definition) is 4. The lowest BCUT2D eigenvalue weighted by molar-refractivity contribution is 0.208. The van der Waals surface area contributed by atoms with Crippen LogP contribution in [0.25, 0.3) is 11.2 Å². The molecular weight excluding hydrogens is 402 g/mol. The van der Waals surface area contributed by atoms with Gasteiger partial charge in [0.1, 0.15) is 0 Å². The summed E-state index contributed by atoms with van der Waals surface area (Å²) in [5, 5.41) is 16.6. The number of aliphatic hydroxyl groups excluding tert-OH is 1. The molecule has 30 heavy (non-hydrogen) atoms. The Hall–Kier alpha value is -2.58. The number of para-hydroxylation sites is 1. The fraction of sp³-hybridized carbons (Fsp3) is 0.476. The Kier molecular flexibility index (Phi) is 6.24. The number of anilines is 3. The van der Waals surface area contributed by atoms with Crippen molar-refractivity contribution in [3.05, 3.63) is 35.1 Å². The average molecular weight is 430 g/mol. The number of nitrogens with two attached hydrogens (primary N) is 1. The van der Waals surface area contributed by atoms with Crippen LogP contribution in [-0.4, -0.2) is 37.3 Å². The van der Waals surface area contributed by atoms with E-state index < -0.39 is 6.10 Å². The fourth-order valence-corrected chi connectivity index (χ4v) is 4.09. The Bertz CT molecular complexity index is 1010. The minimum absolute atomic E-state index is 0.365. The number of aliphatic hydroxyl groups is 1. The van der Waals surface area contributed by atoms with Gasteiger partial charge in [0, 0.05) is 19.1 Å². The standard InChI is InChI=1S/C21H28ClN7O/c1-13(30)10-25-21-27-19(24-11-14-6-5-9-16(22)17(14)23)18-20(28-21)29(12-26-18)15-7-3-2-4-8-15/h5-6,9,12-13,15,30H,2-4,7-8,10-11,23H2,1H3,(H2,24,25,27,28). The second kappa shape index (κ2) is 9.06. The monoisotopic (exact) mass is 429 g/mol. The van der Waals surface area contributed by atoms with Crippen LogP contribution in [0.2, 0.25) is 5.02 Å². The van der Waals surface area contributed by atoms with Crippen LogP contribution in [0.15, 0.2) is 24.5 Å². The van der Waals surface area contributed by atoms with Gasteiger partial charge in [0.2, 0.25) is 5.95 Å². The van der Waals surface area contributed by atoms with E-state index >= 15 is 0 Å². The van der Waals surface area contributed by atoms with E-state index in [1.54, 1.807) is 13.0 Å². The van der Waals surface area contributed by atoms with Gasteiger partial charge >= 0.3 is 0 Å². The zero-order chi connectivity index (χ0) is 21.1. The molecule has 0 amide bonds. The molecule has 8 nitrogen and oxygen atoms in total. The molecular formula is C21H28ClN7O. The Morgan fingerprint density at radius 1 is 1.23 bits per heavy atom. The lowest BCUT2D eigenvalue weighted by Crippen LogP contribution is -2.18. The molecule has 0 spiro atoms. The normalized spacial score (nSPS) is 16.0. The maximum Gasteiger partial charge on any atom is 0.226 e. The van der Waals surface area contributed by atoms with Crippen molar-refractivity contribution in [3.63, 3.8) is 0 Å². The summed E-state index contributed by atoms with van der Waals surface area (Å²) in [6, 6.07) is 5.98. The van der Waals surface area contributed by atoms with Crippen molar-refractivity contribution in [2.75, 3.05) is 22.9 Å². The van der Waals surface area contributed by atoms with Gasteiger partial charge in [-0.05, 0) is 31.4 Å². The molecule has 2 heterocycles. The maximum absolute atomic E-state index is 9.65. The molecule has 1 atom stereocenters. The summed E-state index contributed by atoms with van der Waals surface area (Å²) in [6.07, 6.45) is 7.36. The molecule has 1 saturated carbocycles. The molecule has 1 fully saturated rings. The van der Waals surface area contributed by atoms with Gasteiger partial charge in [0.25, 0.3) is 0 Å². The van der Waals surface area contributed by atoms with Crippen molar-refractivity contribution in [1.82, 2.24) is 19.5 Å². The zero-order valence-electron chi connectivity index (χ0n) is 17.1. The molecule has 0 bridgehead atoms. The van der Waals surface area contributed by atoms with Crippen molar-refractivity contribution in [2.24, 2.45) is 0 Å². The highest BCUT2D eigenvalue weighted by Crippen LogP contribution is 2.32. The summed E-state index contributed by atoms with van der Waals surface area (Å²) in [5.41, 5.74) is 9.07. The van der Waals surface area contributed by atoms with Crippen LogP contribution in [0.4, 0.5) is 17.5 Å². The van der Waals surface area contributed by atoms with Gasteiger partial charge in [-0.1, -0.05) is 43.0 Å². The van der Waals surface area contributed by atoms with E-state index in [0.29, 0.717) is 41.6 Å². The van der Waals surface area contributed by atoms with Gasteiger partial charge in [0.15, 0.2) is 17.0 Å². The topological polar surface area (TPSA) is 114 Å². The molecule has 5 N–H and O–H groups in total. The SMILES string of the molecule is CC(O)CNc1nc(NCc2cccc(Cl)c2N)c2ncn(C3CCCCC3)c2n1. The van der Waals surface area contributed by atoms with E-state index in [4.69, 9.17) is 22.3 Å². The minimum Gasteiger partial charge on any atom is -0.397 e. The number of hydrogen-bond acceptors (Lipinski definition) is 7. The summed E-state index contributed by atoms with van der Waals surface area (Å²) in [5.74, 6) is 1.09. The lowest BCUT2D eigenvalue weighted by atomic mass is 9.95. The van der Waals surface area contributed by atoms with Gasteiger partial charge in [0.05, 0.1) is 23.1 Å². The third-order valence-corrected chi connectivity index (χ3v) is 5.86. The molecule has 9 heteroatoms. The number of halogens is 1. The molecule has 3 aromatic rings. The molecule has 1 aliphatic rings. The number of imidazole rings is 1. The van der Waals surface area contributed by atoms with E-state index in [1.165, 1.54) is 19.3 Å². The molecule has 4 rings (SSSR count). The van der Waals surface area contributed by atoms with E-state index in [1.807, 2.05) is 18.5 Å². The second-order valence-corrected chi connectivity index (χ2v) is 8.32. The molecule has 0 saturated heterocycles. The summed E-state index contributed by atoms with van der Waals surface area (Å²) < 4.78 is 2.17. The predicted molar refractivity (Wildman–Crippen MR) is 121 cm³/mol. The third kappa shape index (κ3) is 4.44. The predicted octanol–water partition coefficient (Wildman–Crippen LogP) is 3.97. The molecule has 2 aromatic heterocycles. The first-order valence-corrected chi connectivity index (χ1v) is 10.8. The molecule has 1 aliphatic carbocycles. The van der Waals surface area contributed by atoms with Crippen molar-refractivity contribution >= 4 is 40.2 Å². The number of aromatic nitrogens is 4. The highest BCUT2D eigenvalue weighted by Gasteiger charge is 2.21. The number of rotatable bonds is 7. The van der Waals surface area contributed by atoms with Crippen molar-refractivity contribution in [2.45, 2.75) is 57.7 Å². The Balaban J connectivity index is 1.67. The third-order valence-electron chi connectivity index (χ3n) is 5.53. The smallest absolute Gasteiger partial charge is 0.226 e. The average Bonchev–Trinajstić information content (AvgIpc) is 3.18. The first kappa shape index (κ1) is 20.7. The van der Waals surface area contributed by atoms with Crippen LogP contribution >= 0.6 is 11.6 Å². The van der Waals surface area contributed by atoms with E-state index in [2.05, 4.69) is 25.2 Å². The lowest BCUT2D eigenvalue weighted by Gasteiger charge is -2.23. The Morgan fingerprint density at radius 2 is 2.03 bits per heavy atom. The van der Waals surface area contributed by atoms with E-state index in [0.717, 1.165) is 29.6 Å². The second-order valence-electron chi connectivity index (χ2n) is 7.91. The summed E-state index contributed by atoms with van der Waals surface area (Å²) >= 11 is 6.15. The summed E-state index contributed by atoms with van der Waals surface area (Å²) in [4.78, 5) is 13.9. The summed E-state index contributed by atoms with van der Waals surface area (Å²) in [6.45, 7) is 2.55. The first-order valence-electron chi connectivity index (χ1n) is 10.5. The van der Waals surface area contributed by atoms with Crippen molar-refractivity contribution in [3.8, 4) is 0 Å². The number of fused-ring (bicyclic) bond motifs is 1. The first-order chi connectivity index (χ1) is 14.5. The molecule has 160 valence electrons. The molecule has 0 radical (unpaired) electrons. The number of nitrogens with zero attached hydrogens (tertiary/aromatic N) is 4. The number of nitrogens with one attached hydrogen (secondary N) is 2. The van der Waals surface area contributed by atoms with Crippen molar-refractivity contribution in [1.29, 1.82) is 0 Å². The Labute approximate surface area is 180 Å². The minimum atomic E-state index is -0.504.